The van der Waals surface area contributed by atoms with Crippen molar-refractivity contribution < 1.29 is 19.1 Å². The van der Waals surface area contributed by atoms with Crippen LogP contribution >= 0.6 is 11.8 Å². The Morgan fingerprint density at radius 1 is 1.12 bits per heavy atom. The molecule has 3 rings (SSSR count). The van der Waals surface area contributed by atoms with Crippen LogP contribution in [0.3, 0.4) is 0 Å². The third kappa shape index (κ3) is 4.86. The number of aromatic nitrogens is 2. The van der Waals surface area contributed by atoms with E-state index < -0.39 is 5.97 Å². The Morgan fingerprint density at radius 2 is 1.85 bits per heavy atom. The molecule has 1 heterocycles. The Kier molecular flexibility index (Phi) is 5.91. The molecule has 6 nitrogen and oxygen atoms in total. The highest BCUT2D eigenvalue weighted by Gasteiger charge is 2.08. The minimum absolute atomic E-state index is 0.244. The maximum Gasteiger partial charge on any atom is 0.335 e. The van der Waals surface area contributed by atoms with Crippen molar-refractivity contribution in [1.29, 1.82) is 0 Å². The quantitative estimate of drug-likeness (QED) is 0.467. The number of ether oxygens (including phenoxy) is 1. The van der Waals surface area contributed by atoms with Gasteiger partial charge in [-0.15, -0.1) is 10.2 Å². The van der Waals surface area contributed by atoms with Crippen molar-refractivity contribution in [2.45, 2.75) is 18.6 Å². The van der Waals surface area contributed by atoms with E-state index in [2.05, 4.69) is 10.2 Å². The number of benzene rings is 2. The molecule has 0 bridgehead atoms. The van der Waals surface area contributed by atoms with E-state index in [0.29, 0.717) is 23.5 Å². The highest BCUT2D eigenvalue weighted by molar-refractivity contribution is 7.99. The lowest BCUT2D eigenvalue weighted by atomic mass is 10.1. The largest absolute Gasteiger partial charge is 0.494 e. The van der Waals surface area contributed by atoms with Gasteiger partial charge in [-0.1, -0.05) is 29.5 Å². The average molecular weight is 370 g/mol. The Balaban J connectivity index is 1.41. The number of hydrogen-bond donors (Lipinski definition) is 1. The molecular formula is C19H18N2O4S. The van der Waals surface area contributed by atoms with Crippen molar-refractivity contribution in [2.24, 2.45) is 0 Å². The first-order valence-corrected chi connectivity index (χ1v) is 9.10. The maximum atomic E-state index is 10.8. The summed E-state index contributed by atoms with van der Waals surface area (Å²) in [6.07, 6.45) is 0.799. The van der Waals surface area contributed by atoms with Crippen molar-refractivity contribution in [3.63, 3.8) is 0 Å². The summed E-state index contributed by atoms with van der Waals surface area (Å²) < 4.78 is 11.2. The van der Waals surface area contributed by atoms with Crippen LogP contribution < -0.4 is 4.74 Å². The number of aromatic carboxylic acids is 1. The van der Waals surface area contributed by atoms with E-state index in [9.17, 15) is 4.79 Å². The number of hydrogen-bond acceptors (Lipinski definition) is 6. The van der Waals surface area contributed by atoms with Crippen LogP contribution in [0.4, 0.5) is 0 Å². The maximum absolute atomic E-state index is 10.8. The van der Waals surface area contributed by atoms with Crippen molar-refractivity contribution >= 4 is 17.7 Å². The summed E-state index contributed by atoms with van der Waals surface area (Å²) >= 11 is 1.48. The zero-order valence-electron chi connectivity index (χ0n) is 14.2. The van der Waals surface area contributed by atoms with Gasteiger partial charge < -0.3 is 14.3 Å². The molecule has 1 aromatic heterocycles. The van der Waals surface area contributed by atoms with Gasteiger partial charge in [-0.3, -0.25) is 0 Å². The van der Waals surface area contributed by atoms with E-state index in [4.69, 9.17) is 14.3 Å². The van der Waals surface area contributed by atoms with Crippen LogP contribution in [0, 0.1) is 6.92 Å². The molecule has 0 saturated carbocycles. The summed E-state index contributed by atoms with van der Waals surface area (Å²) in [6, 6.07) is 14.3. The minimum Gasteiger partial charge on any atom is -0.494 e. The lowest BCUT2D eigenvalue weighted by molar-refractivity contribution is 0.0697. The molecule has 0 unspecified atom stereocenters. The molecule has 0 amide bonds. The standard InChI is InChI=1S/C19H18N2O4S/c1-13-3-5-14(6-4-13)17-20-21-19(25-17)26-12-2-11-24-16-9-7-15(8-10-16)18(22)23/h3-10H,2,11-12H2,1H3,(H,22,23). The molecule has 0 aliphatic carbocycles. The first kappa shape index (κ1) is 18.0. The van der Waals surface area contributed by atoms with Gasteiger partial charge in [0, 0.05) is 11.3 Å². The predicted molar refractivity (Wildman–Crippen MR) is 98.7 cm³/mol. The molecule has 3 aromatic rings. The first-order valence-electron chi connectivity index (χ1n) is 8.11. The number of carboxylic acid groups (broad SMARTS) is 1. The molecule has 0 fully saturated rings. The first-order chi connectivity index (χ1) is 12.6. The van der Waals surface area contributed by atoms with E-state index in [-0.39, 0.29) is 5.56 Å². The van der Waals surface area contributed by atoms with E-state index in [1.54, 1.807) is 12.1 Å². The van der Waals surface area contributed by atoms with Gasteiger partial charge in [0.15, 0.2) is 0 Å². The topological polar surface area (TPSA) is 85.5 Å². The van der Waals surface area contributed by atoms with E-state index in [1.165, 1.54) is 29.5 Å². The molecule has 0 atom stereocenters. The fraction of sp³-hybridized carbons (Fsp3) is 0.211. The van der Waals surface area contributed by atoms with Crippen LogP contribution in [0.2, 0.25) is 0 Å². The summed E-state index contributed by atoms with van der Waals surface area (Å²) in [7, 11) is 0. The van der Waals surface area contributed by atoms with Crippen LogP contribution in [-0.2, 0) is 0 Å². The van der Waals surface area contributed by atoms with Crippen LogP contribution in [-0.4, -0.2) is 33.6 Å². The molecule has 1 N–H and O–H groups in total. The van der Waals surface area contributed by atoms with E-state index in [1.807, 2.05) is 31.2 Å². The van der Waals surface area contributed by atoms with Crippen LogP contribution in [0.5, 0.6) is 5.75 Å². The molecule has 0 aliphatic rings. The third-order valence-corrected chi connectivity index (χ3v) is 4.49. The number of carboxylic acids is 1. The molecule has 2 aromatic carbocycles. The second-order valence-electron chi connectivity index (χ2n) is 5.62. The van der Waals surface area contributed by atoms with Crippen LogP contribution in [0.25, 0.3) is 11.5 Å². The molecule has 0 spiro atoms. The van der Waals surface area contributed by atoms with Gasteiger partial charge in [-0.25, -0.2) is 4.79 Å². The highest BCUT2D eigenvalue weighted by atomic mass is 32.2. The minimum atomic E-state index is -0.947. The van der Waals surface area contributed by atoms with Gasteiger partial charge >= 0.3 is 5.97 Å². The molecule has 0 radical (unpaired) electrons. The number of thioether (sulfide) groups is 1. The molecule has 134 valence electrons. The molecule has 7 heteroatoms. The zero-order chi connectivity index (χ0) is 18.4. The molecule has 26 heavy (non-hydrogen) atoms. The Hall–Kier alpha value is -2.80. The average Bonchev–Trinajstić information content (AvgIpc) is 3.11. The van der Waals surface area contributed by atoms with Crippen molar-refractivity contribution in [3.05, 3.63) is 59.7 Å². The van der Waals surface area contributed by atoms with Gasteiger partial charge in [-0.05, 0) is 49.7 Å². The van der Waals surface area contributed by atoms with Gasteiger partial charge in [-0.2, -0.15) is 0 Å². The Bertz CT molecular complexity index is 860. The van der Waals surface area contributed by atoms with Crippen LogP contribution in [0.1, 0.15) is 22.3 Å². The fourth-order valence-electron chi connectivity index (χ4n) is 2.18. The summed E-state index contributed by atoms with van der Waals surface area (Å²) in [5.41, 5.74) is 2.33. The lowest BCUT2D eigenvalue weighted by Gasteiger charge is -2.05. The Labute approximate surface area is 155 Å². The summed E-state index contributed by atoms with van der Waals surface area (Å²) in [5.74, 6) is 1.00. The smallest absolute Gasteiger partial charge is 0.335 e. The van der Waals surface area contributed by atoms with Crippen molar-refractivity contribution in [1.82, 2.24) is 10.2 Å². The normalized spacial score (nSPS) is 10.7. The molecular weight excluding hydrogens is 352 g/mol. The second kappa shape index (κ2) is 8.53. The van der Waals surface area contributed by atoms with Crippen molar-refractivity contribution in [2.75, 3.05) is 12.4 Å². The van der Waals surface area contributed by atoms with Gasteiger partial charge in [0.25, 0.3) is 5.22 Å². The van der Waals surface area contributed by atoms with Gasteiger partial charge in [0.05, 0.1) is 12.2 Å². The third-order valence-electron chi connectivity index (χ3n) is 3.59. The summed E-state index contributed by atoms with van der Waals surface area (Å²) in [5, 5.41) is 17.5. The number of aryl methyl sites for hydroxylation is 1. The van der Waals surface area contributed by atoms with E-state index in [0.717, 1.165) is 17.7 Å². The molecule has 0 aliphatic heterocycles. The number of rotatable bonds is 8. The number of carbonyl (C=O) groups is 1. The fourth-order valence-corrected chi connectivity index (χ4v) is 2.86. The molecule has 0 saturated heterocycles. The highest BCUT2D eigenvalue weighted by Crippen LogP contribution is 2.24. The van der Waals surface area contributed by atoms with Gasteiger partial charge in [0.1, 0.15) is 5.75 Å². The number of nitrogens with zero attached hydrogens (tertiary/aromatic N) is 2. The lowest BCUT2D eigenvalue weighted by Crippen LogP contribution is -2.00. The van der Waals surface area contributed by atoms with Crippen molar-refractivity contribution in [3.8, 4) is 17.2 Å². The van der Waals surface area contributed by atoms with Gasteiger partial charge in [0.2, 0.25) is 5.89 Å². The summed E-state index contributed by atoms with van der Waals surface area (Å²) in [6.45, 7) is 2.56. The summed E-state index contributed by atoms with van der Waals surface area (Å²) in [4.78, 5) is 10.8. The SMILES string of the molecule is Cc1ccc(-c2nnc(SCCCOc3ccc(C(=O)O)cc3)o2)cc1. The van der Waals surface area contributed by atoms with E-state index >= 15 is 0 Å². The predicted octanol–water partition coefficient (Wildman–Crippen LogP) is 4.30. The monoisotopic (exact) mass is 370 g/mol. The zero-order valence-corrected chi connectivity index (χ0v) is 15.0. The second-order valence-corrected chi connectivity index (χ2v) is 6.67. The Morgan fingerprint density at radius 3 is 2.54 bits per heavy atom. The van der Waals surface area contributed by atoms with Crippen LogP contribution in [0.15, 0.2) is 58.2 Å².